The smallest absolute Gasteiger partial charge is 0.0547 e. The maximum atomic E-state index is 2.43. The van der Waals surface area contributed by atoms with Gasteiger partial charge in [-0.1, -0.05) is 152 Å². The first kappa shape index (κ1) is 38.3. The summed E-state index contributed by atoms with van der Waals surface area (Å²) >= 11 is 0. The van der Waals surface area contributed by atoms with Crippen molar-refractivity contribution < 1.29 is 0 Å². The maximum Gasteiger partial charge on any atom is 0.0547 e. The summed E-state index contributed by atoms with van der Waals surface area (Å²) in [6, 6.07) is 95.4. The van der Waals surface area contributed by atoms with E-state index in [1.54, 1.807) is 0 Å². The third kappa shape index (κ3) is 7.13. The summed E-state index contributed by atoms with van der Waals surface area (Å²) in [6.07, 6.45) is 0. The number of rotatable bonds is 11. The fraction of sp³-hybridized carbons (Fsp3) is 0. The van der Waals surface area contributed by atoms with E-state index in [0.717, 1.165) is 68.0 Å². The molecule has 1 heterocycles. The van der Waals surface area contributed by atoms with Gasteiger partial charge in [-0.15, -0.1) is 0 Å². The summed E-state index contributed by atoms with van der Waals surface area (Å²) < 4.78 is 2.39. The lowest BCUT2D eigenvalue weighted by atomic mass is 9.96. The number of anilines is 9. The van der Waals surface area contributed by atoms with Crippen LogP contribution in [0.4, 0.5) is 51.2 Å². The molecule has 0 bridgehead atoms. The van der Waals surface area contributed by atoms with Crippen LogP contribution in [0.25, 0.3) is 38.6 Å². The molecule has 11 rings (SSSR count). The van der Waals surface area contributed by atoms with Crippen molar-refractivity contribution in [3.63, 3.8) is 0 Å². The number of hydrogen-bond donors (Lipinski definition) is 0. The van der Waals surface area contributed by atoms with Gasteiger partial charge in [-0.25, -0.2) is 0 Å². The lowest BCUT2D eigenvalue weighted by Gasteiger charge is -2.32. The quantitative estimate of drug-likeness (QED) is 0.129. The predicted octanol–water partition coefficient (Wildman–Crippen LogP) is 16.9. The molecule has 0 unspecified atom stereocenters. The Morgan fingerprint density at radius 2 is 0.609 bits per heavy atom. The van der Waals surface area contributed by atoms with Gasteiger partial charge in [-0.05, 0) is 121 Å². The lowest BCUT2D eigenvalue weighted by molar-refractivity contribution is 1.18. The van der Waals surface area contributed by atoms with E-state index in [9.17, 15) is 0 Å². The van der Waals surface area contributed by atoms with E-state index in [4.69, 9.17) is 0 Å². The first-order valence-electron chi connectivity index (χ1n) is 21.8. The van der Waals surface area contributed by atoms with Crippen LogP contribution in [0.15, 0.2) is 267 Å². The third-order valence-corrected chi connectivity index (χ3v) is 11.9. The van der Waals surface area contributed by atoms with Crippen molar-refractivity contribution in [2.24, 2.45) is 0 Å². The summed E-state index contributed by atoms with van der Waals surface area (Å²) in [4.78, 5) is 7.09. The van der Waals surface area contributed by atoms with Gasteiger partial charge in [0, 0.05) is 67.5 Å². The van der Waals surface area contributed by atoms with E-state index in [1.807, 2.05) is 0 Å². The fourth-order valence-corrected chi connectivity index (χ4v) is 9.17. The Morgan fingerprint density at radius 3 is 1.12 bits per heavy atom. The van der Waals surface area contributed by atoms with E-state index >= 15 is 0 Å². The molecule has 0 radical (unpaired) electrons. The molecule has 11 aromatic rings. The van der Waals surface area contributed by atoms with Gasteiger partial charge in [0.15, 0.2) is 0 Å². The topological polar surface area (TPSA) is 14.7 Å². The third-order valence-electron chi connectivity index (χ3n) is 11.9. The van der Waals surface area contributed by atoms with E-state index in [0.29, 0.717) is 0 Å². The molecular weight excluding hydrogens is 777 g/mol. The summed E-state index contributed by atoms with van der Waals surface area (Å²) in [6.45, 7) is 0. The highest BCUT2D eigenvalue weighted by atomic mass is 15.2. The minimum atomic E-state index is 1.03. The van der Waals surface area contributed by atoms with Gasteiger partial charge in [0.1, 0.15) is 0 Å². The summed E-state index contributed by atoms with van der Waals surface area (Å²) in [5.41, 5.74) is 15.4. The molecule has 64 heavy (non-hydrogen) atoms. The molecule has 304 valence electrons. The highest BCUT2D eigenvalue weighted by Gasteiger charge is 2.24. The molecule has 0 spiro atoms. The zero-order valence-electron chi connectivity index (χ0n) is 35.2. The Kier molecular flexibility index (Phi) is 10.2. The molecule has 4 heteroatoms. The molecule has 0 amide bonds. The monoisotopic (exact) mass is 820 g/mol. The second-order valence-corrected chi connectivity index (χ2v) is 15.8. The van der Waals surface area contributed by atoms with Crippen molar-refractivity contribution in [2.75, 3.05) is 14.7 Å². The number of aromatic nitrogens is 1. The van der Waals surface area contributed by atoms with Crippen LogP contribution >= 0.6 is 0 Å². The zero-order valence-corrected chi connectivity index (χ0v) is 35.2. The van der Waals surface area contributed by atoms with Crippen LogP contribution in [0.1, 0.15) is 0 Å². The molecule has 0 aliphatic carbocycles. The number of fused-ring (bicyclic) bond motifs is 3. The van der Waals surface area contributed by atoms with Gasteiger partial charge in [0.25, 0.3) is 0 Å². The Bertz CT molecular complexity index is 3120. The molecule has 1 aromatic heterocycles. The number of nitrogens with zero attached hydrogens (tertiary/aromatic N) is 4. The summed E-state index contributed by atoms with van der Waals surface area (Å²) in [5, 5.41) is 2.43. The second-order valence-electron chi connectivity index (χ2n) is 15.8. The van der Waals surface area contributed by atoms with Gasteiger partial charge in [-0.2, -0.15) is 0 Å². The van der Waals surface area contributed by atoms with Crippen LogP contribution in [0, 0.1) is 0 Å². The molecule has 0 atom stereocenters. The molecule has 0 saturated carbocycles. The lowest BCUT2D eigenvalue weighted by Crippen LogP contribution is -2.15. The standard InChI is InChI=1S/C60H44N4/c1-6-23-45(24-7-1)61(46-25-8-2-9-26-46)50-33-20-35-52(43-50)63(53-36-21-34-51(44-53)62(47-27-10-3-11-28-47)48-29-12-4-13-30-48)57-40-18-16-37-54(57)55-39-22-42-59-60(55)56-38-17-19-41-58(56)64(59)49-31-14-5-15-32-49/h1-44H. The van der Waals surface area contributed by atoms with Crippen LogP contribution in [0.3, 0.4) is 0 Å². The first-order valence-corrected chi connectivity index (χ1v) is 21.8. The van der Waals surface area contributed by atoms with Gasteiger partial charge >= 0.3 is 0 Å². The number of hydrogen-bond acceptors (Lipinski definition) is 3. The summed E-state index contributed by atoms with van der Waals surface area (Å²) in [5.74, 6) is 0. The molecule has 4 nitrogen and oxygen atoms in total. The average molecular weight is 821 g/mol. The predicted molar refractivity (Wildman–Crippen MR) is 270 cm³/mol. The maximum absolute atomic E-state index is 2.43. The number of para-hydroxylation sites is 7. The molecule has 0 aliphatic rings. The van der Waals surface area contributed by atoms with Crippen LogP contribution in [0.5, 0.6) is 0 Å². The average Bonchev–Trinajstić information content (AvgIpc) is 3.71. The van der Waals surface area contributed by atoms with E-state index < -0.39 is 0 Å². The Morgan fingerprint density at radius 1 is 0.250 bits per heavy atom. The van der Waals surface area contributed by atoms with Crippen molar-refractivity contribution >= 4 is 73.0 Å². The zero-order chi connectivity index (χ0) is 42.7. The Balaban J connectivity index is 1.15. The van der Waals surface area contributed by atoms with E-state index in [1.165, 1.54) is 21.9 Å². The van der Waals surface area contributed by atoms with Crippen LogP contribution in [-0.4, -0.2) is 4.57 Å². The van der Waals surface area contributed by atoms with Gasteiger partial charge in [0.05, 0.1) is 16.7 Å². The highest BCUT2D eigenvalue weighted by molar-refractivity contribution is 6.17. The fourth-order valence-electron chi connectivity index (χ4n) is 9.17. The second kappa shape index (κ2) is 17.0. The van der Waals surface area contributed by atoms with Gasteiger partial charge in [0.2, 0.25) is 0 Å². The van der Waals surface area contributed by atoms with Crippen LogP contribution in [0.2, 0.25) is 0 Å². The van der Waals surface area contributed by atoms with Crippen molar-refractivity contribution in [3.8, 4) is 16.8 Å². The number of benzene rings is 10. The van der Waals surface area contributed by atoms with Crippen molar-refractivity contribution in [1.29, 1.82) is 0 Å². The Hall–Kier alpha value is -8.60. The van der Waals surface area contributed by atoms with E-state index in [2.05, 4.69) is 286 Å². The van der Waals surface area contributed by atoms with Crippen LogP contribution in [-0.2, 0) is 0 Å². The molecule has 10 aromatic carbocycles. The van der Waals surface area contributed by atoms with E-state index in [-0.39, 0.29) is 0 Å². The van der Waals surface area contributed by atoms with Crippen molar-refractivity contribution in [1.82, 2.24) is 4.57 Å². The summed E-state index contributed by atoms with van der Waals surface area (Å²) in [7, 11) is 0. The first-order chi connectivity index (χ1) is 31.8. The van der Waals surface area contributed by atoms with Crippen LogP contribution < -0.4 is 14.7 Å². The molecule has 0 aliphatic heterocycles. The van der Waals surface area contributed by atoms with Gasteiger partial charge < -0.3 is 19.3 Å². The molecule has 0 N–H and O–H groups in total. The minimum absolute atomic E-state index is 1.03. The highest BCUT2D eigenvalue weighted by Crippen LogP contribution is 2.48. The van der Waals surface area contributed by atoms with Crippen molar-refractivity contribution in [3.05, 3.63) is 267 Å². The SMILES string of the molecule is c1ccc(N(c2ccccc2)c2cccc(N(c3cccc(N(c4ccccc4)c4ccccc4)c3)c3ccccc3-c3cccc4c3c3ccccc3n4-c3ccccc3)c2)cc1. The van der Waals surface area contributed by atoms with Gasteiger partial charge in [-0.3, -0.25) is 0 Å². The molecular formula is C60H44N4. The minimum Gasteiger partial charge on any atom is -0.310 e. The molecule has 0 fully saturated rings. The Labute approximate surface area is 374 Å². The van der Waals surface area contributed by atoms with Crippen molar-refractivity contribution in [2.45, 2.75) is 0 Å². The molecule has 0 saturated heterocycles. The largest absolute Gasteiger partial charge is 0.310 e. The normalized spacial score (nSPS) is 11.1.